The minimum atomic E-state index is -0.391. The maximum absolute atomic E-state index is 11.7. The van der Waals surface area contributed by atoms with Gasteiger partial charge < -0.3 is 14.8 Å². The van der Waals surface area contributed by atoms with Gasteiger partial charge in [-0.3, -0.25) is 9.59 Å². The SMILES string of the molecule is COC(=O)CCC(=O)Nc1ccc(OC)c(C(C)C)c1. The molecule has 0 unspecified atom stereocenters. The van der Waals surface area contributed by atoms with Gasteiger partial charge in [-0.1, -0.05) is 13.8 Å². The first-order valence-corrected chi connectivity index (χ1v) is 6.52. The molecule has 0 saturated heterocycles. The molecule has 0 saturated carbocycles. The Morgan fingerprint density at radius 1 is 1.20 bits per heavy atom. The summed E-state index contributed by atoms with van der Waals surface area (Å²) < 4.78 is 9.78. The van der Waals surface area contributed by atoms with E-state index in [9.17, 15) is 9.59 Å². The van der Waals surface area contributed by atoms with Gasteiger partial charge in [0.25, 0.3) is 0 Å². The lowest BCUT2D eigenvalue weighted by molar-refractivity contribution is -0.141. The molecule has 5 nitrogen and oxygen atoms in total. The second kappa shape index (κ2) is 7.53. The Morgan fingerprint density at radius 2 is 1.90 bits per heavy atom. The van der Waals surface area contributed by atoms with Crippen LogP contribution in [0.4, 0.5) is 5.69 Å². The fraction of sp³-hybridized carbons (Fsp3) is 0.467. The van der Waals surface area contributed by atoms with Gasteiger partial charge in [-0.25, -0.2) is 0 Å². The summed E-state index contributed by atoms with van der Waals surface area (Å²) in [5, 5.41) is 2.77. The first-order valence-electron chi connectivity index (χ1n) is 6.52. The largest absolute Gasteiger partial charge is 0.496 e. The van der Waals surface area contributed by atoms with E-state index in [1.165, 1.54) is 7.11 Å². The van der Waals surface area contributed by atoms with Crippen LogP contribution in [0.25, 0.3) is 0 Å². The van der Waals surface area contributed by atoms with Crippen LogP contribution in [0.15, 0.2) is 18.2 Å². The van der Waals surface area contributed by atoms with Crippen LogP contribution in [0.3, 0.4) is 0 Å². The van der Waals surface area contributed by atoms with Crippen molar-refractivity contribution in [2.24, 2.45) is 0 Å². The maximum Gasteiger partial charge on any atom is 0.306 e. The van der Waals surface area contributed by atoms with E-state index in [2.05, 4.69) is 23.9 Å². The third kappa shape index (κ3) is 4.57. The number of hydrogen-bond donors (Lipinski definition) is 1. The van der Waals surface area contributed by atoms with Crippen molar-refractivity contribution in [2.45, 2.75) is 32.6 Å². The molecule has 0 aliphatic heterocycles. The topological polar surface area (TPSA) is 64.6 Å². The molecule has 0 aliphatic rings. The van der Waals surface area contributed by atoms with E-state index in [4.69, 9.17) is 4.74 Å². The minimum Gasteiger partial charge on any atom is -0.496 e. The molecule has 5 heteroatoms. The summed E-state index contributed by atoms with van der Waals surface area (Å²) in [6.45, 7) is 4.11. The van der Waals surface area contributed by atoms with Crippen LogP contribution in [-0.2, 0) is 14.3 Å². The molecule has 20 heavy (non-hydrogen) atoms. The summed E-state index contributed by atoms with van der Waals surface area (Å²) in [4.78, 5) is 22.7. The van der Waals surface area contributed by atoms with E-state index < -0.39 is 5.97 Å². The highest BCUT2D eigenvalue weighted by atomic mass is 16.5. The summed E-state index contributed by atoms with van der Waals surface area (Å²) in [7, 11) is 2.93. The van der Waals surface area contributed by atoms with Crippen LogP contribution in [0.1, 0.15) is 38.2 Å². The van der Waals surface area contributed by atoms with Crippen molar-refractivity contribution in [2.75, 3.05) is 19.5 Å². The Bertz CT molecular complexity index is 483. The quantitative estimate of drug-likeness (QED) is 0.813. The zero-order chi connectivity index (χ0) is 15.1. The molecule has 1 N–H and O–H groups in total. The number of benzene rings is 1. The highest BCUT2D eigenvalue weighted by molar-refractivity contribution is 5.92. The molecule has 1 amide bonds. The maximum atomic E-state index is 11.7. The molecule has 0 heterocycles. The Labute approximate surface area is 119 Å². The Balaban J connectivity index is 2.70. The van der Waals surface area contributed by atoms with Crippen LogP contribution in [-0.4, -0.2) is 26.1 Å². The fourth-order valence-electron chi connectivity index (χ4n) is 1.80. The average Bonchev–Trinajstić information content (AvgIpc) is 2.44. The van der Waals surface area contributed by atoms with Crippen LogP contribution in [0.5, 0.6) is 5.75 Å². The molecule has 0 atom stereocenters. The van der Waals surface area contributed by atoms with Crippen molar-refractivity contribution >= 4 is 17.6 Å². The zero-order valence-corrected chi connectivity index (χ0v) is 12.4. The molecule has 110 valence electrons. The van der Waals surface area contributed by atoms with Crippen LogP contribution >= 0.6 is 0 Å². The van der Waals surface area contributed by atoms with E-state index in [1.807, 2.05) is 12.1 Å². The van der Waals surface area contributed by atoms with E-state index in [-0.39, 0.29) is 24.7 Å². The molecule has 0 bridgehead atoms. The Morgan fingerprint density at radius 3 is 2.45 bits per heavy atom. The highest BCUT2D eigenvalue weighted by Crippen LogP contribution is 2.29. The summed E-state index contributed by atoms with van der Waals surface area (Å²) in [5.41, 5.74) is 1.72. The molecule has 1 aromatic carbocycles. The van der Waals surface area contributed by atoms with E-state index >= 15 is 0 Å². The van der Waals surface area contributed by atoms with Gasteiger partial charge in [-0.2, -0.15) is 0 Å². The lowest BCUT2D eigenvalue weighted by Crippen LogP contribution is -2.14. The van der Waals surface area contributed by atoms with Crippen LogP contribution in [0, 0.1) is 0 Å². The first-order chi connectivity index (χ1) is 9.47. The monoisotopic (exact) mass is 279 g/mol. The zero-order valence-electron chi connectivity index (χ0n) is 12.4. The van der Waals surface area contributed by atoms with Crippen molar-refractivity contribution in [1.29, 1.82) is 0 Å². The van der Waals surface area contributed by atoms with Gasteiger partial charge in [-0.05, 0) is 29.7 Å². The number of nitrogens with one attached hydrogen (secondary N) is 1. The van der Waals surface area contributed by atoms with Gasteiger partial charge in [-0.15, -0.1) is 0 Å². The number of amides is 1. The lowest BCUT2D eigenvalue weighted by atomic mass is 10.0. The summed E-state index contributed by atoms with van der Waals surface area (Å²) in [6.07, 6.45) is 0.186. The van der Waals surface area contributed by atoms with Gasteiger partial charge in [0.05, 0.1) is 20.6 Å². The molecule has 1 rings (SSSR count). The van der Waals surface area contributed by atoms with Gasteiger partial charge >= 0.3 is 5.97 Å². The van der Waals surface area contributed by atoms with Gasteiger partial charge in [0.15, 0.2) is 0 Å². The van der Waals surface area contributed by atoms with Crippen molar-refractivity contribution in [3.8, 4) is 5.75 Å². The van der Waals surface area contributed by atoms with Crippen molar-refractivity contribution in [3.63, 3.8) is 0 Å². The predicted octanol–water partition coefficient (Wildman–Crippen LogP) is 2.71. The third-order valence-electron chi connectivity index (χ3n) is 2.92. The normalized spacial score (nSPS) is 10.2. The van der Waals surface area contributed by atoms with Gasteiger partial charge in [0, 0.05) is 12.1 Å². The number of methoxy groups -OCH3 is 2. The number of rotatable bonds is 6. The molecular weight excluding hydrogens is 258 g/mol. The molecular formula is C15H21NO4. The lowest BCUT2D eigenvalue weighted by Gasteiger charge is -2.14. The molecule has 0 spiro atoms. The molecule has 0 fully saturated rings. The van der Waals surface area contributed by atoms with Gasteiger partial charge in [0.1, 0.15) is 5.75 Å². The summed E-state index contributed by atoms with van der Waals surface area (Å²) >= 11 is 0. The minimum absolute atomic E-state index is 0.0789. The standard InChI is InChI=1S/C15H21NO4/c1-10(2)12-9-11(5-6-13(12)19-3)16-14(17)7-8-15(18)20-4/h5-6,9-10H,7-8H2,1-4H3,(H,16,17). The Kier molecular flexibility index (Phi) is 6.03. The second-order valence-corrected chi connectivity index (χ2v) is 4.74. The smallest absolute Gasteiger partial charge is 0.306 e. The molecule has 0 aliphatic carbocycles. The fourth-order valence-corrected chi connectivity index (χ4v) is 1.80. The number of carbonyl (C=O) groups excluding carboxylic acids is 2. The van der Waals surface area contributed by atoms with Crippen molar-refractivity contribution in [1.82, 2.24) is 0 Å². The number of carbonyl (C=O) groups is 2. The first kappa shape index (κ1) is 16.0. The van der Waals surface area contributed by atoms with Crippen molar-refractivity contribution in [3.05, 3.63) is 23.8 Å². The van der Waals surface area contributed by atoms with E-state index in [0.29, 0.717) is 5.69 Å². The van der Waals surface area contributed by atoms with E-state index in [1.54, 1.807) is 13.2 Å². The van der Waals surface area contributed by atoms with Gasteiger partial charge in [0.2, 0.25) is 5.91 Å². The van der Waals surface area contributed by atoms with Crippen molar-refractivity contribution < 1.29 is 19.1 Å². The molecule has 0 radical (unpaired) electrons. The average molecular weight is 279 g/mol. The Hall–Kier alpha value is -2.04. The summed E-state index contributed by atoms with van der Waals surface area (Å²) in [6, 6.07) is 5.49. The number of ether oxygens (including phenoxy) is 2. The number of hydrogen-bond acceptors (Lipinski definition) is 4. The number of esters is 1. The molecule has 1 aromatic rings. The van der Waals surface area contributed by atoms with E-state index in [0.717, 1.165) is 11.3 Å². The van der Waals surface area contributed by atoms with Crippen LogP contribution < -0.4 is 10.1 Å². The predicted molar refractivity (Wildman–Crippen MR) is 77.0 cm³/mol. The summed E-state index contributed by atoms with van der Waals surface area (Å²) in [5.74, 6) is 0.484. The second-order valence-electron chi connectivity index (χ2n) is 4.74. The number of anilines is 1. The van der Waals surface area contributed by atoms with Crippen LogP contribution in [0.2, 0.25) is 0 Å². The third-order valence-corrected chi connectivity index (χ3v) is 2.92. The highest BCUT2D eigenvalue weighted by Gasteiger charge is 2.11. The molecule has 0 aromatic heterocycles.